The van der Waals surface area contributed by atoms with Crippen molar-refractivity contribution < 1.29 is 0 Å². The van der Waals surface area contributed by atoms with Gasteiger partial charge in [0.05, 0.1) is 0 Å². The van der Waals surface area contributed by atoms with E-state index in [0.29, 0.717) is 0 Å². The van der Waals surface area contributed by atoms with Gasteiger partial charge in [0.1, 0.15) is 0 Å². The minimum Gasteiger partial charge on any atom is -0.0654 e. The standard InChI is InChI=1S/C25H25/c1-2-3-4-5-10-19-17-21-13-9-16-24(25(21)18-19)23-15-8-12-20-11-6-7-14-22(20)23/h6-9,11-18H,2-5,10H2,1H3. The van der Waals surface area contributed by atoms with Crippen LogP contribution in [0.1, 0.15) is 50.2 Å². The summed E-state index contributed by atoms with van der Waals surface area (Å²) in [4.78, 5) is 0. The highest BCUT2D eigenvalue weighted by Gasteiger charge is 2.17. The van der Waals surface area contributed by atoms with Gasteiger partial charge in [0.25, 0.3) is 0 Å². The SMILES string of the molecule is CCCCCCC1=Cc2c(cccc2-c2cccc3ccccc23)[CH]1. The van der Waals surface area contributed by atoms with Gasteiger partial charge in [-0.3, -0.25) is 0 Å². The number of hydrogen-bond donors (Lipinski definition) is 0. The van der Waals surface area contributed by atoms with Crippen LogP contribution >= 0.6 is 0 Å². The van der Waals surface area contributed by atoms with Crippen molar-refractivity contribution in [1.29, 1.82) is 0 Å². The fourth-order valence-electron chi connectivity index (χ4n) is 3.89. The second-order valence-electron chi connectivity index (χ2n) is 7.01. The molecule has 0 heterocycles. The first kappa shape index (κ1) is 16.1. The second kappa shape index (κ2) is 7.27. The fourth-order valence-corrected chi connectivity index (χ4v) is 3.89. The zero-order valence-corrected chi connectivity index (χ0v) is 15.0. The van der Waals surface area contributed by atoms with Crippen LogP contribution < -0.4 is 0 Å². The number of benzene rings is 3. The molecule has 0 aromatic heterocycles. The van der Waals surface area contributed by atoms with Crippen molar-refractivity contribution in [2.45, 2.75) is 39.0 Å². The Morgan fingerprint density at radius 3 is 2.44 bits per heavy atom. The fraction of sp³-hybridized carbons (Fsp3) is 0.240. The van der Waals surface area contributed by atoms with Crippen molar-refractivity contribution in [3.05, 3.63) is 83.8 Å². The summed E-state index contributed by atoms with van der Waals surface area (Å²) in [6.45, 7) is 2.27. The Morgan fingerprint density at radius 1 is 0.720 bits per heavy atom. The van der Waals surface area contributed by atoms with Gasteiger partial charge in [0.2, 0.25) is 0 Å². The normalized spacial score (nSPS) is 13.1. The summed E-state index contributed by atoms with van der Waals surface area (Å²) in [6, 6.07) is 22.0. The van der Waals surface area contributed by atoms with Gasteiger partial charge in [-0.15, -0.1) is 0 Å². The highest BCUT2D eigenvalue weighted by molar-refractivity contribution is 5.99. The van der Waals surface area contributed by atoms with Gasteiger partial charge in [-0.2, -0.15) is 0 Å². The summed E-state index contributed by atoms with van der Waals surface area (Å²) in [5.74, 6) is 0. The van der Waals surface area contributed by atoms with Crippen LogP contribution in [0.2, 0.25) is 0 Å². The van der Waals surface area contributed by atoms with E-state index in [-0.39, 0.29) is 0 Å². The molecule has 0 N–H and O–H groups in total. The Kier molecular flexibility index (Phi) is 4.70. The first-order valence-electron chi connectivity index (χ1n) is 9.53. The van der Waals surface area contributed by atoms with Crippen LogP contribution in [0, 0.1) is 6.42 Å². The van der Waals surface area contributed by atoms with Gasteiger partial charge in [-0.25, -0.2) is 0 Å². The van der Waals surface area contributed by atoms with E-state index < -0.39 is 0 Å². The van der Waals surface area contributed by atoms with Crippen molar-refractivity contribution in [2.24, 2.45) is 0 Å². The van der Waals surface area contributed by atoms with Crippen molar-refractivity contribution in [3.8, 4) is 11.1 Å². The Labute approximate surface area is 151 Å². The molecule has 0 spiro atoms. The second-order valence-corrected chi connectivity index (χ2v) is 7.01. The first-order chi connectivity index (χ1) is 12.4. The quantitative estimate of drug-likeness (QED) is 0.413. The van der Waals surface area contributed by atoms with Gasteiger partial charge >= 0.3 is 0 Å². The van der Waals surface area contributed by atoms with Gasteiger partial charge in [0, 0.05) is 6.42 Å². The van der Waals surface area contributed by atoms with Crippen LogP contribution in [0.15, 0.2) is 66.2 Å². The number of fused-ring (bicyclic) bond motifs is 2. The van der Waals surface area contributed by atoms with E-state index >= 15 is 0 Å². The lowest BCUT2D eigenvalue weighted by Crippen LogP contribution is -1.87. The Morgan fingerprint density at radius 2 is 1.52 bits per heavy atom. The molecule has 0 atom stereocenters. The third-order valence-corrected chi connectivity index (χ3v) is 5.21. The summed E-state index contributed by atoms with van der Waals surface area (Å²) in [5, 5.41) is 2.64. The maximum atomic E-state index is 2.42. The van der Waals surface area contributed by atoms with Crippen LogP contribution in [0.3, 0.4) is 0 Å². The number of rotatable bonds is 6. The Bertz CT molecular complexity index is 909. The molecule has 25 heavy (non-hydrogen) atoms. The first-order valence-corrected chi connectivity index (χ1v) is 9.53. The molecule has 0 saturated heterocycles. The Hall–Kier alpha value is -2.34. The summed E-state index contributed by atoms with van der Waals surface area (Å²) < 4.78 is 0. The van der Waals surface area contributed by atoms with E-state index in [1.807, 2.05) is 0 Å². The van der Waals surface area contributed by atoms with Crippen LogP contribution in [0.4, 0.5) is 0 Å². The minimum absolute atomic E-state index is 1.20. The van der Waals surface area contributed by atoms with Crippen LogP contribution in [-0.2, 0) is 0 Å². The van der Waals surface area contributed by atoms with Gasteiger partial charge in [0.15, 0.2) is 0 Å². The number of unbranched alkanes of at least 4 members (excludes halogenated alkanes) is 3. The largest absolute Gasteiger partial charge is 0.0654 e. The molecule has 0 amide bonds. The van der Waals surface area contributed by atoms with E-state index in [4.69, 9.17) is 0 Å². The third kappa shape index (κ3) is 3.26. The molecule has 1 aliphatic rings. The van der Waals surface area contributed by atoms with Crippen molar-refractivity contribution >= 4 is 16.8 Å². The Balaban J connectivity index is 1.69. The predicted molar refractivity (Wildman–Crippen MR) is 110 cm³/mol. The molecule has 1 radical (unpaired) electrons. The van der Waals surface area contributed by atoms with Gasteiger partial charge in [-0.1, -0.05) is 98.5 Å². The molecule has 3 aromatic rings. The molecule has 125 valence electrons. The topological polar surface area (TPSA) is 0 Å². The lowest BCUT2D eigenvalue weighted by atomic mass is 9.93. The molecule has 0 bridgehead atoms. The van der Waals surface area contributed by atoms with Crippen molar-refractivity contribution in [1.82, 2.24) is 0 Å². The monoisotopic (exact) mass is 325 g/mol. The zero-order valence-electron chi connectivity index (χ0n) is 15.0. The molecule has 0 unspecified atom stereocenters. The maximum absolute atomic E-state index is 2.42. The van der Waals surface area contributed by atoms with E-state index in [9.17, 15) is 0 Å². The highest BCUT2D eigenvalue weighted by Crippen LogP contribution is 2.39. The molecule has 0 heteroatoms. The van der Waals surface area contributed by atoms with E-state index in [1.165, 1.54) is 70.7 Å². The van der Waals surface area contributed by atoms with E-state index in [1.54, 1.807) is 0 Å². The predicted octanol–water partition coefficient (Wildman–Crippen LogP) is 7.43. The molecular weight excluding hydrogens is 300 g/mol. The van der Waals surface area contributed by atoms with Crippen molar-refractivity contribution in [3.63, 3.8) is 0 Å². The molecule has 1 aliphatic carbocycles. The lowest BCUT2D eigenvalue weighted by molar-refractivity contribution is 0.668. The molecule has 0 fully saturated rings. The lowest BCUT2D eigenvalue weighted by Gasteiger charge is -2.11. The van der Waals surface area contributed by atoms with Gasteiger partial charge in [-0.05, 0) is 45.9 Å². The van der Waals surface area contributed by atoms with Crippen LogP contribution in [0.5, 0.6) is 0 Å². The average Bonchev–Trinajstić information content (AvgIpc) is 3.08. The van der Waals surface area contributed by atoms with Crippen molar-refractivity contribution in [2.75, 3.05) is 0 Å². The van der Waals surface area contributed by atoms with E-state index in [0.717, 1.165) is 0 Å². The maximum Gasteiger partial charge on any atom is 0.0164 e. The van der Waals surface area contributed by atoms with E-state index in [2.05, 4.69) is 80.1 Å². The summed E-state index contributed by atoms with van der Waals surface area (Å²) in [7, 11) is 0. The molecular formula is C25H25. The molecule has 3 aromatic carbocycles. The third-order valence-electron chi connectivity index (χ3n) is 5.21. The highest BCUT2D eigenvalue weighted by atomic mass is 14.2. The molecule has 0 saturated carbocycles. The smallest absolute Gasteiger partial charge is 0.0164 e. The van der Waals surface area contributed by atoms with Crippen LogP contribution in [0.25, 0.3) is 28.0 Å². The molecule has 0 nitrogen and oxygen atoms in total. The number of allylic oxidation sites excluding steroid dienone is 1. The summed E-state index contributed by atoms with van der Waals surface area (Å²) in [5.41, 5.74) is 6.94. The average molecular weight is 325 g/mol. The zero-order chi connectivity index (χ0) is 17.1. The molecule has 0 aliphatic heterocycles. The molecule has 4 rings (SSSR count). The minimum atomic E-state index is 1.20. The summed E-state index contributed by atoms with van der Waals surface area (Å²) >= 11 is 0. The van der Waals surface area contributed by atoms with Gasteiger partial charge < -0.3 is 0 Å². The number of hydrogen-bond acceptors (Lipinski definition) is 0. The van der Waals surface area contributed by atoms with Crippen LogP contribution in [-0.4, -0.2) is 0 Å². The summed E-state index contributed by atoms with van der Waals surface area (Å²) in [6.07, 6.45) is 11.3.